The Balaban J connectivity index is 1.65. The summed E-state index contributed by atoms with van der Waals surface area (Å²) < 4.78 is 69.4. The van der Waals surface area contributed by atoms with Crippen LogP contribution in [-0.4, -0.2) is 49.9 Å². The summed E-state index contributed by atoms with van der Waals surface area (Å²) in [6.45, 7) is 4.76. The standard InChI is InChI=1S/C22H23F5N6O2/c1-10(2)20(35)29-11-4-6-33(7-5-11)21-28-9-13-17(31-32(3)19(13)30-21)12-8-14(22(25,26)27)16(24)18(34)15(12)23/h8-11,34H,4-7H2,1-3H3,(H,29,35). The Morgan fingerprint density at radius 2 is 1.86 bits per heavy atom. The fourth-order valence-electron chi connectivity index (χ4n) is 3.97. The van der Waals surface area contributed by atoms with E-state index < -0.39 is 34.7 Å². The number of phenols is 1. The lowest BCUT2D eigenvalue weighted by molar-refractivity contribution is -0.140. The molecule has 1 aromatic carbocycles. The maximum atomic E-state index is 14.6. The average molecular weight is 498 g/mol. The second kappa shape index (κ2) is 8.93. The number of benzene rings is 1. The number of amides is 1. The smallest absolute Gasteiger partial charge is 0.419 e. The van der Waals surface area contributed by atoms with Gasteiger partial charge in [0.1, 0.15) is 5.69 Å². The first-order valence-electron chi connectivity index (χ1n) is 10.9. The van der Waals surface area contributed by atoms with Crippen LogP contribution in [0.25, 0.3) is 22.3 Å². The number of aromatic nitrogens is 4. The normalized spacial score (nSPS) is 15.3. The molecule has 1 aliphatic heterocycles. The molecule has 8 nitrogen and oxygen atoms in total. The first-order chi connectivity index (χ1) is 16.4. The van der Waals surface area contributed by atoms with Crippen LogP contribution < -0.4 is 10.2 Å². The van der Waals surface area contributed by atoms with E-state index in [-0.39, 0.29) is 40.7 Å². The molecule has 0 aliphatic carbocycles. The van der Waals surface area contributed by atoms with Crippen molar-refractivity contribution in [3.8, 4) is 17.0 Å². The van der Waals surface area contributed by atoms with Gasteiger partial charge in [0.2, 0.25) is 11.9 Å². The van der Waals surface area contributed by atoms with E-state index in [1.54, 1.807) is 0 Å². The van der Waals surface area contributed by atoms with Crippen molar-refractivity contribution in [2.75, 3.05) is 18.0 Å². The van der Waals surface area contributed by atoms with E-state index in [0.29, 0.717) is 31.9 Å². The SMILES string of the molecule is CC(C)C(=O)NC1CCN(c2ncc3c(-c4cc(C(F)(F)F)c(F)c(O)c4F)nn(C)c3n2)CC1. The van der Waals surface area contributed by atoms with Gasteiger partial charge in [0.25, 0.3) is 0 Å². The van der Waals surface area contributed by atoms with E-state index >= 15 is 0 Å². The topological polar surface area (TPSA) is 96.2 Å². The second-order valence-electron chi connectivity index (χ2n) is 8.75. The number of fused-ring (bicyclic) bond motifs is 1. The van der Waals surface area contributed by atoms with Gasteiger partial charge in [-0.2, -0.15) is 23.3 Å². The molecule has 188 valence electrons. The molecule has 0 radical (unpaired) electrons. The Morgan fingerprint density at radius 1 is 1.20 bits per heavy atom. The number of aromatic hydroxyl groups is 1. The minimum atomic E-state index is -5.15. The van der Waals surface area contributed by atoms with Gasteiger partial charge in [-0.1, -0.05) is 13.8 Å². The predicted molar refractivity (Wildman–Crippen MR) is 117 cm³/mol. The molecule has 0 atom stereocenters. The van der Waals surface area contributed by atoms with Crippen LogP contribution in [0, 0.1) is 17.6 Å². The van der Waals surface area contributed by atoms with E-state index in [2.05, 4.69) is 20.4 Å². The molecule has 35 heavy (non-hydrogen) atoms. The number of hydrogen-bond acceptors (Lipinski definition) is 6. The van der Waals surface area contributed by atoms with Crippen LogP contribution >= 0.6 is 0 Å². The minimum absolute atomic E-state index is 0.0173. The summed E-state index contributed by atoms with van der Waals surface area (Å²) in [6, 6.07) is 0.307. The number of nitrogens with one attached hydrogen (secondary N) is 1. The number of carbonyl (C=O) groups excluding carboxylic acids is 1. The molecular formula is C22H23F5N6O2. The minimum Gasteiger partial charge on any atom is -0.503 e. The van der Waals surface area contributed by atoms with E-state index in [0.717, 1.165) is 0 Å². The van der Waals surface area contributed by atoms with E-state index in [1.807, 2.05) is 18.7 Å². The molecule has 1 aliphatic rings. The summed E-state index contributed by atoms with van der Waals surface area (Å²) in [5, 5.41) is 16.8. The van der Waals surface area contributed by atoms with E-state index in [1.165, 1.54) is 17.9 Å². The number of piperidine rings is 1. The van der Waals surface area contributed by atoms with Crippen molar-refractivity contribution in [1.29, 1.82) is 0 Å². The molecule has 0 unspecified atom stereocenters. The summed E-state index contributed by atoms with van der Waals surface area (Å²) in [5.74, 6) is -5.18. The molecule has 0 bridgehead atoms. The quantitative estimate of drug-likeness (QED) is 0.532. The van der Waals surface area contributed by atoms with Gasteiger partial charge in [-0.25, -0.2) is 18.4 Å². The second-order valence-corrected chi connectivity index (χ2v) is 8.75. The molecule has 4 rings (SSSR count). The molecule has 3 aromatic rings. The van der Waals surface area contributed by atoms with Crippen LogP contribution in [0.5, 0.6) is 5.75 Å². The highest BCUT2D eigenvalue weighted by Gasteiger charge is 2.38. The fourth-order valence-corrected chi connectivity index (χ4v) is 3.97. The van der Waals surface area contributed by atoms with Crippen LogP contribution in [0.2, 0.25) is 0 Å². The maximum Gasteiger partial charge on any atom is 0.419 e. The highest BCUT2D eigenvalue weighted by Crippen LogP contribution is 2.41. The summed E-state index contributed by atoms with van der Waals surface area (Å²) in [6.07, 6.45) is -2.49. The van der Waals surface area contributed by atoms with Crippen molar-refractivity contribution < 1.29 is 31.9 Å². The van der Waals surface area contributed by atoms with Crippen LogP contribution in [0.15, 0.2) is 12.3 Å². The van der Waals surface area contributed by atoms with Crippen LogP contribution in [-0.2, 0) is 18.0 Å². The molecule has 1 amide bonds. The number of hydrogen-bond donors (Lipinski definition) is 2. The van der Waals surface area contributed by atoms with Crippen molar-refractivity contribution >= 4 is 22.9 Å². The first kappa shape index (κ1) is 24.6. The molecule has 13 heteroatoms. The van der Waals surface area contributed by atoms with Gasteiger partial charge in [-0.15, -0.1) is 0 Å². The van der Waals surface area contributed by atoms with Gasteiger partial charge >= 0.3 is 6.18 Å². The maximum absolute atomic E-state index is 14.6. The van der Waals surface area contributed by atoms with E-state index in [4.69, 9.17) is 0 Å². The molecule has 3 heterocycles. The Morgan fingerprint density at radius 3 is 2.46 bits per heavy atom. The van der Waals surface area contributed by atoms with Crippen LogP contribution in [0.1, 0.15) is 32.3 Å². The number of alkyl halides is 3. The lowest BCUT2D eigenvalue weighted by Gasteiger charge is -2.32. The molecule has 1 fully saturated rings. The van der Waals surface area contributed by atoms with Crippen molar-refractivity contribution in [3.05, 3.63) is 29.5 Å². The lowest BCUT2D eigenvalue weighted by atomic mass is 10.0. The average Bonchev–Trinajstić information content (AvgIpc) is 3.13. The summed E-state index contributed by atoms with van der Waals surface area (Å²) in [5.41, 5.74) is -2.57. The number of anilines is 1. The monoisotopic (exact) mass is 498 g/mol. The third-order valence-corrected chi connectivity index (χ3v) is 5.95. The van der Waals surface area contributed by atoms with Crippen molar-refractivity contribution in [1.82, 2.24) is 25.1 Å². The van der Waals surface area contributed by atoms with Gasteiger partial charge in [0.15, 0.2) is 23.0 Å². The van der Waals surface area contributed by atoms with Crippen molar-refractivity contribution in [3.63, 3.8) is 0 Å². The number of halogens is 5. The van der Waals surface area contributed by atoms with E-state index in [9.17, 15) is 31.9 Å². The Kier molecular flexibility index (Phi) is 6.28. The largest absolute Gasteiger partial charge is 0.503 e. The zero-order valence-electron chi connectivity index (χ0n) is 19.1. The zero-order valence-corrected chi connectivity index (χ0v) is 19.1. The molecule has 2 N–H and O–H groups in total. The Bertz CT molecular complexity index is 1280. The van der Waals surface area contributed by atoms with Gasteiger partial charge in [-0.05, 0) is 18.9 Å². The van der Waals surface area contributed by atoms with Crippen molar-refractivity contribution in [2.45, 2.75) is 38.9 Å². The third-order valence-electron chi connectivity index (χ3n) is 5.95. The third kappa shape index (κ3) is 4.58. The highest BCUT2D eigenvalue weighted by molar-refractivity contribution is 5.91. The highest BCUT2D eigenvalue weighted by atomic mass is 19.4. The lowest BCUT2D eigenvalue weighted by Crippen LogP contribution is -2.46. The molecule has 0 saturated carbocycles. The number of rotatable bonds is 4. The number of nitrogens with zero attached hydrogens (tertiary/aromatic N) is 5. The van der Waals surface area contributed by atoms with Crippen LogP contribution in [0.4, 0.5) is 27.9 Å². The predicted octanol–water partition coefficient (Wildman–Crippen LogP) is 3.77. The molecule has 0 spiro atoms. The number of aryl methyl sites for hydroxylation is 1. The van der Waals surface area contributed by atoms with Gasteiger partial charge in [0.05, 0.1) is 10.9 Å². The number of phenolic OH excluding ortho intramolecular Hbond substituents is 1. The molecule has 1 saturated heterocycles. The summed E-state index contributed by atoms with van der Waals surface area (Å²) in [4.78, 5) is 22.5. The van der Waals surface area contributed by atoms with Gasteiger partial charge in [0, 0.05) is 43.9 Å². The summed E-state index contributed by atoms with van der Waals surface area (Å²) >= 11 is 0. The Labute approximate surface area is 196 Å². The molecular weight excluding hydrogens is 475 g/mol. The number of carbonyl (C=O) groups is 1. The Hall–Kier alpha value is -3.51. The summed E-state index contributed by atoms with van der Waals surface area (Å²) in [7, 11) is 1.47. The van der Waals surface area contributed by atoms with Crippen molar-refractivity contribution in [2.24, 2.45) is 13.0 Å². The zero-order chi connectivity index (χ0) is 25.7. The van der Waals surface area contributed by atoms with Gasteiger partial charge < -0.3 is 15.3 Å². The van der Waals surface area contributed by atoms with Gasteiger partial charge in [-0.3, -0.25) is 4.79 Å². The fraction of sp³-hybridized carbons (Fsp3) is 0.455. The van der Waals surface area contributed by atoms with Crippen LogP contribution in [0.3, 0.4) is 0 Å². The molecule has 2 aromatic heterocycles. The first-order valence-corrected chi connectivity index (χ1v) is 10.9.